The number of aliphatic hydroxyl groups is 1. The molecule has 3 aromatic rings. The van der Waals surface area contributed by atoms with Crippen LogP contribution in [0.2, 0.25) is 0 Å². The maximum atomic E-state index is 13.4. The van der Waals surface area contributed by atoms with Crippen LogP contribution >= 0.6 is 15.9 Å². The summed E-state index contributed by atoms with van der Waals surface area (Å²) in [6, 6.07) is 10.7. The zero-order valence-electron chi connectivity index (χ0n) is 11.2. The van der Waals surface area contributed by atoms with Crippen LogP contribution in [0.3, 0.4) is 0 Å². The van der Waals surface area contributed by atoms with Gasteiger partial charge in [0.15, 0.2) is 17.4 Å². The third kappa shape index (κ3) is 2.67. The maximum absolute atomic E-state index is 13.4. The monoisotopic (exact) mass is 365 g/mol. The van der Waals surface area contributed by atoms with Crippen molar-refractivity contribution in [2.45, 2.75) is 6.61 Å². The zero-order chi connectivity index (χ0) is 15.7. The van der Waals surface area contributed by atoms with E-state index in [2.05, 4.69) is 21.1 Å². The summed E-state index contributed by atoms with van der Waals surface area (Å²) >= 11 is 3.36. The third-order valence-electron chi connectivity index (χ3n) is 3.23. The molecule has 1 heterocycles. The summed E-state index contributed by atoms with van der Waals surface area (Å²) in [5.74, 6) is -1.71. The molecule has 0 aliphatic rings. The molecule has 0 radical (unpaired) electrons. The lowest BCUT2D eigenvalue weighted by molar-refractivity contribution is 0.281. The van der Waals surface area contributed by atoms with Crippen LogP contribution in [0, 0.1) is 11.6 Å². The molecular weight excluding hydrogens is 356 g/mol. The van der Waals surface area contributed by atoms with E-state index in [1.807, 2.05) is 24.3 Å². The third-order valence-corrected chi connectivity index (χ3v) is 3.72. The van der Waals surface area contributed by atoms with Gasteiger partial charge < -0.3 is 9.63 Å². The highest BCUT2D eigenvalue weighted by Gasteiger charge is 2.19. The SMILES string of the molecule is OCc1c(-c2cccc(Br)c2)noc1-c1ccc(F)c(F)c1. The number of halogens is 3. The van der Waals surface area contributed by atoms with E-state index in [0.29, 0.717) is 16.8 Å². The molecule has 0 atom stereocenters. The van der Waals surface area contributed by atoms with E-state index in [0.717, 1.165) is 22.2 Å². The van der Waals surface area contributed by atoms with Gasteiger partial charge in [-0.15, -0.1) is 0 Å². The van der Waals surface area contributed by atoms with Gasteiger partial charge in [-0.1, -0.05) is 33.2 Å². The van der Waals surface area contributed by atoms with Crippen LogP contribution in [0.15, 0.2) is 51.5 Å². The molecular formula is C16H10BrF2NO2. The quantitative estimate of drug-likeness (QED) is 0.740. The van der Waals surface area contributed by atoms with Crippen molar-refractivity contribution in [3.63, 3.8) is 0 Å². The maximum Gasteiger partial charge on any atom is 0.173 e. The lowest BCUT2D eigenvalue weighted by Gasteiger charge is -2.02. The summed E-state index contributed by atoms with van der Waals surface area (Å²) in [4.78, 5) is 0. The summed E-state index contributed by atoms with van der Waals surface area (Å²) in [5, 5.41) is 13.6. The van der Waals surface area contributed by atoms with Gasteiger partial charge in [-0.3, -0.25) is 0 Å². The van der Waals surface area contributed by atoms with E-state index in [-0.39, 0.29) is 12.4 Å². The number of aromatic nitrogens is 1. The summed E-state index contributed by atoms with van der Waals surface area (Å²) in [5.41, 5.74) is 1.94. The summed E-state index contributed by atoms with van der Waals surface area (Å²) in [6.07, 6.45) is 0. The number of rotatable bonds is 3. The van der Waals surface area contributed by atoms with Gasteiger partial charge in [-0.2, -0.15) is 0 Å². The van der Waals surface area contributed by atoms with Crippen LogP contribution in [-0.4, -0.2) is 10.3 Å². The molecule has 0 amide bonds. The number of hydrogen-bond acceptors (Lipinski definition) is 3. The van der Waals surface area contributed by atoms with Crippen molar-refractivity contribution in [1.29, 1.82) is 0 Å². The predicted molar refractivity (Wildman–Crippen MR) is 80.9 cm³/mol. The second-order valence-corrected chi connectivity index (χ2v) is 5.55. The first-order chi connectivity index (χ1) is 10.6. The second kappa shape index (κ2) is 5.98. The van der Waals surface area contributed by atoms with Gasteiger partial charge in [0.25, 0.3) is 0 Å². The van der Waals surface area contributed by atoms with Crippen molar-refractivity contribution in [1.82, 2.24) is 5.16 Å². The Balaban J connectivity index is 2.13. The minimum absolute atomic E-state index is 0.219. The van der Waals surface area contributed by atoms with Crippen LogP contribution in [0.1, 0.15) is 5.56 Å². The molecule has 22 heavy (non-hydrogen) atoms. The van der Waals surface area contributed by atoms with Crippen molar-refractivity contribution in [2.75, 3.05) is 0 Å². The largest absolute Gasteiger partial charge is 0.391 e. The average molecular weight is 366 g/mol. The van der Waals surface area contributed by atoms with Gasteiger partial charge in [0, 0.05) is 15.6 Å². The molecule has 3 nitrogen and oxygen atoms in total. The second-order valence-electron chi connectivity index (χ2n) is 4.64. The van der Waals surface area contributed by atoms with Gasteiger partial charge in [-0.25, -0.2) is 8.78 Å². The fourth-order valence-corrected chi connectivity index (χ4v) is 2.58. The molecule has 3 rings (SSSR count). The molecule has 0 aliphatic carbocycles. The predicted octanol–water partition coefficient (Wildman–Crippen LogP) is 4.54. The Bertz CT molecular complexity index is 833. The Hall–Kier alpha value is -2.05. The minimum atomic E-state index is -0.984. The number of aliphatic hydroxyl groups excluding tert-OH is 1. The highest BCUT2D eigenvalue weighted by molar-refractivity contribution is 9.10. The van der Waals surface area contributed by atoms with Crippen molar-refractivity contribution in [3.8, 4) is 22.6 Å². The van der Waals surface area contributed by atoms with Crippen molar-refractivity contribution >= 4 is 15.9 Å². The van der Waals surface area contributed by atoms with Gasteiger partial charge >= 0.3 is 0 Å². The van der Waals surface area contributed by atoms with Crippen LogP contribution in [-0.2, 0) is 6.61 Å². The highest BCUT2D eigenvalue weighted by Crippen LogP contribution is 2.33. The Morgan fingerprint density at radius 2 is 1.86 bits per heavy atom. The first-order valence-electron chi connectivity index (χ1n) is 6.41. The van der Waals surface area contributed by atoms with Crippen LogP contribution in [0.25, 0.3) is 22.6 Å². The highest BCUT2D eigenvalue weighted by atomic mass is 79.9. The Morgan fingerprint density at radius 3 is 2.55 bits per heavy atom. The number of hydrogen-bond donors (Lipinski definition) is 1. The standard InChI is InChI=1S/C16H10BrF2NO2/c17-11-3-1-2-9(6-11)15-12(8-21)16(22-20-15)10-4-5-13(18)14(19)7-10/h1-7,21H,8H2. The Kier molecular flexibility index (Phi) is 4.04. The van der Waals surface area contributed by atoms with E-state index in [1.54, 1.807) is 0 Å². The summed E-state index contributed by atoms with van der Waals surface area (Å²) < 4.78 is 32.5. The summed E-state index contributed by atoms with van der Waals surface area (Å²) in [7, 11) is 0. The minimum Gasteiger partial charge on any atom is -0.391 e. The van der Waals surface area contributed by atoms with E-state index >= 15 is 0 Å². The molecule has 2 aromatic carbocycles. The molecule has 0 spiro atoms. The number of nitrogens with zero attached hydrogens (tertiary/aromatic N) is 1. The Morgan fingerprint density at radius 1 is 1.05 bits per heavy atom. The molecule has 0 saturated carbocycles. The molecule has 0 aliphatic heterocycles. The van der Waals surface area contributed by atoms with Gasteiger partial charge in [0.05, 0.1) is 12.2 Å². The molecule has 6 heteroatoms. The van der Waals surface area contributed by atoms with Crippen molar-refractivity contribution in [3.05, 3.63) is 64.1 Å². The van der Waals surface area contributed by atoms with Crippen LogP contribution < -0.4 is 0 Å². The molecule has 0 fully saturated rings. The van der Waals surface area contributed by atoms with E-state index < -0.39 is 11.6 Å². The van der Waals surface area contributed by atoms with Crippen molar-refractivity contribution < 1.29 is 18.4 Å². The average Bonchev–Trinajstić information content (AvgIpc) is 2.94. The normalized spacial score (nSPS) is 10.9. The van der Waals surface area contributed by atoms with Gasteiger partial charge in [0.2, 0.25) is 0 Å². The van der Waals surface area contributed by atoms with E-state index in [4.69, 9.17) is 4.52 Å². The zero-order valence-corrected chi connectivity index (χ0v) is 12.8. The number of benzene rings is 2. The first kappa shape index (κ1) is 14.9. The molecule has 0 unspecified atom stereocenters. The van der Waals surface area contributed by atoms with Crippen LogP contribution in [0.5, 0.6) is 0 Å². The van der Waals surface area contributed by atoms with E-state index in [1.165, 1.54) is 6.07 Å². The summed E-state index contributed by atoms with van der Waals surface area (Å²) in [6.45, 7) is -0.334. The molecule has 1 aromatic heterocycles. The molecule has 1 N–H and O–H groups in total. The first-order valence-corrected chi connectivity index (χ1v) is 7.20. The molecule has 0 saturated heterocycles. The fourth-order valence-electron chi connectivity index (χ4n) is 2.18. The van der Waals surface area contributed by atoms with E-state index in [9.17, 15) is 13.9 Å². The van der Waals surface area contributed by atoms with Gasteiger partial charge in [0.1, 0.15) is 5.69 Å². The smallest absolute Gasteiger partial charge is 0.173 e. The molecule has 0 bridgehead atoms. The lowest BCUT2D eigenvalue weighted by Crippen LogP contribution is -1.90. The fraction of sp³-hybridized carbons (Fsp3) is 0.0625. The topological polar surface area (TPSA) is 46.3 Å². The van der Waals surface area contributed by atoms with Crippen molar-refractivity contribution in [2.24, 2.45) is 0 Å². The van der Waals surface area contributed by atoms with Crippen LogP contribution in [0.4, 0.5) is 8.78 Å². The lowest BCUT2D eigenvalue weighted by atomic mass is 10.0. The Labute approximate surface area is 133 Å². The van der Waals surface area contributed by atoms with Gasteiger partial charge in [-0.05, 0) is 30.3 Å². The molecule has 112 valence electrons.